The largest absolute Gasteiger partial charge is 0.380 e. The molecule has 0 aliphatic carbocycles. The highest BCUT2D eigenvalue weighted by Crippen LogP contribution is 2.33. The van der Waals surface area contributed by atoms with Gasteiger partial charge >= 0.3 is 0 Å². The van der Waals surface area contributed by atoms with Gasteiger partial charge in [0.15, 0.2) is 5.96 Å². The van der Waals surface area contributed by atoms with Crippen LogP contribution in [-0.4, -0.2) is 45.9 Å². The van der Waals surface area contributed by atoms with Crippen molar-refractivity contribution < 1.29 is 9.47 Å². The zero-order valence-corrected chi connectivity index (χ0v) is 20.2. The molecule has 0 amide bonds. The van der Waals surface area contributed by atoms with E-state index in [1.807, 2.05) is 7.05 Å². The van der Waals surface area contributed by atoms with Gasteiger partial charge in [-0.15, -0.1) is 24.0 Å². The molecule has 0 aromatic heterocycles. The molecule has 0 saturated carbocycles. The molecule has 2 rings (SSSR count). The van der Waals surface area contributed by atoms with E-state index in [9.17, 15) is 0 Å². The minimum Gasteiger partial charge on any atom is -0.380 e. The first-order chi connectivity index (χ1) is 13.1. The van der Waals surface area contributed by atoms with Crippen LogP contribution >= 0.6 is 24.0 Å². The molecule has 2 N–H and O–H groups in total. The molecule has 1 aromatic carbocycles. The third kappa shape index (κ3) is 9.09. The van der Waals surface area contributed by atoms with E-state index in [2.05, 4.69) is 60.7 Å². The van der Waals surface area contributed by atoms with Gasteiger partial charge in [0.2, 0.25) is 0 Å². The Balaban J connectivity index is 0.00000392. The van der Waals surface area contributed by atoms with Crippen molar-refractivity contribution in [1.29, 1.82) is 0 Å². The summed E-state index contributed by atoms with van der Waals surface area (Å²) in [5.74, 6) is 1.96. The molecule has 0 bridgehead atoms. The molecular weight excluding hydrogens is 465 g/mol. The van der Waals surface area contributed by atoms with Crippen LogP contribution in [0.4, 0.5) is 0 Å². The molecule has 1 aliphatic heterocycles. The highest BCUT2D eigenvalue weighted by Gasteiger charge is 2.27. The van der Waals surface area contributed by atoms with Crippen LogP contribution in [0, 0.1) is 18.8 Å². The number of guanidine groups is 1. The first-order valence-electron chi connectivity index (χ1n) is 10.3. The molecule has 1 aromatic rings. The third-order valence-corrected chi connectivity index (χ3v) is 4.98. The topological polar surface area (TPSA) is 54.9 Å². The Kier molecular flexibility index (Phi) is 12.7. The summed E-state index contributed by atoms with van der Waals surface area (Å²) < 4.78 is 11.8. The number of rotatable bonds is 9. The lowest BCUT2D eigenvalue weighted by Gasteiger charge is -2.32. The average Bonchev–Trinajstić information content (AvgIpc) is 2.67. The van der Waals surface area contributed by atoms with Gasteiger partial charge in [0.05, 0.1) is 12.7 Å². The van der Waals surface area contributed by atoms with Crippen LogP contribution in [0.3, 0.4) is 0 Å². The average molecular weight is 503 g/mol. The summed E-state index contributed by atoms with van der Waals surface area (Å²) >= 11 is 0. The Morgan fingerprint density at radius 2 is 1.96 bits per heavy atom. The molecule has 2 unspecified atom stereocenters. The predicted molar refractivity (Wildman–Crippen MR) is 128 cm³/mol. The summed E-state index contributed by atoms with van der Waals surface area (Å²) in [5, 5.41) is 6.79. The fourth-order valence-electron chi connectivity index (χ4n) is 3.29. The quantitative estimate of drug-likeness (QED) is 0.228. The fourth-order valence-corrected chi connectivity index (χ4v) is 3.29. The highest BCUT2D eigenvalue weighted by molar-refractivity contribution is 14.0. The van der Waals surface area contributed by atoms with Crippen molar-refractivity contribution in [3.63, 3.8) is 0 Å². The van der Waals surface area contributed by atoms with Crippen LogP contribution in [0.25, 0.3) is 0 Å². The van der Waals surface area contributed by atoms with Crippen molar-refractivity contribution in [2.24, 2.45) is 16.8 Å². The van der Waals surface area contributed by atoms with Crippen LogP contribution in [-0.2, 0) is 9.47 Å². The Hall–Kier alpha value is -0.860. The molecule has 160 valence electrons. The van der Waals surface area contributed by atoms with Crippen molar-refractivity contribution in [3.05, 3.63) is 35.4 Å². The van der Waals surface area contributed by atoms with E-state index in [-0.39, 0.29) is 30.1 Å². The predicted octanol–water partition coefficient (Wildman–Crippen LogP) is 4.31. The van der Waals surface area contributed by atoms with E-state index < -0.39 is 0 Å². The summed E-state index contributed by atoms with van der Waals surface area (Å²) in [6.07, 6.45) is 3.55. The van der Waals surface area contributed by atoms with E-state index in [1.54, 1.807) is 0 Å². The summed E-state index contributed by atoms with van der Waals surface area (Å²) in [7, 11) is 1.81. The minimum atomic E-state index is 0. The van der Waals surface area contributed by atoms with Gasteiger partial charge in [0, 0.05) is 39.3 Å². The monoisotopic (exact) mass is 503 g/mol. The maximum absolute atomic E-state index is 6.11. The van der Waals surface area contributed by atoms with Gasteiger partial charge in [-0.05, 0) is 37.7 Å². The number of aryl methyl sites for hydroxylation is 1. The first kappa shape index (κ1) is 25.2. The van der Waals surface area contributed by atoms with Crippen molar-refractivity contribution in [2.45, 2.75) is 46.1 Å². The first-order valence-corrected chi connectivity index (χ1v) is 10.3. The molecule has 1 fully saturated rings. The standard InChI is InChI=1S/C22H37N3O2.HI/c1-17(2)11-14-26-15-12-24-22(23-4)25-16-20-6-5-13-27-21(20)19-9-7-18(3)8-10-19;/h7-10,17,20-21H,5-6,11-16H2,1-4H3,(H2,23,24,25);1H. The molecule has 1 saturated heterocycles. The van der Waals surface area contributed by atoms with Crippen molar-refractivity contribution >= 4 is 29.9 Å². The van der Waals surface area contributed by atoms with E-state index >= 15 is 0 Å². The number of nitrogens with zero attached hydrogens (tertiary/aromatic N) is 1. The normalized spacial score (nSPS) is 20.0. The summed E-state index contributed by atoms with van der Waals surface area (Å²) in [6, 6.07) is 8.72. The fraction of sp³-hybridized carbons (Fsp3) is 0.682. The van der Waals surface area contributed by atoms with Crippen LogP contribution in [0.5, 0.6) is 0 Å². The lowest BCUT2D eigenvalue weighted by atomic mass is 9.89. The Labute approximate surface area is 188 Å². The number of benzene rings is 1. The van der Waals surface area contributed by atoms with Gasteiger partial charge in [-0.2, -0.15) is 0 Å². The number of aliphatic imine (C=N–C) groups is 1. The van der Waals surface area contributed by atoms with E-state index in [0.717, 1.165) is 45.1 Å². The molecular formula is C22H38IN3O2. The molecule has 6 heteroatoms. The molecule has 2 atom stereocenters. The van der Waals surface area contributed by atoms with Gasteiger partial charge in [-0.3, -0.25) is 4.99 Å². The molecule has 0 spiro atoms. The number of hydrogen-bond acceptors (Lipinski definition) is 3. The second-order valence-corrected chi connectivity index (χ2v) is 7.78. The van der Waals surface area contributed by atoms with Gasteiger partial charge in [0.1, 0.15) is 0 Å². The van der Waals surface area contributed by atoms with Gasteiger partial charge in [-0.25, -0.2) is 0 Å². The highest BCUT2D eigenvalue weighted by atomic mass is 127. The number of nitrogens with one attached hydrogen (secondary N) is 2. The Bertz CT molecular complexity index is 563. The zero-order valence-electron chi connectivity index (χ0n) is 17.9. The number of hydrogen-bond donors (Lipinski definition) is 2. The Morgan fingerprint density at radius 3 is 2.64 bits per heavy atom. The van der Waals surface area contributed by atoms with E-state index in [0.29, 0.717) is 18.4 Å². The molecule has 0 radical (unpaired) electrons. The summed E-state index contributed by atoms with van der Waals surface area (Å²) in [5.41, 5.74) is 2.55. The van der Waals surface area contributed by atoms with Crippen LogP contribution in [0.2, 0.25) is 0 Å². The van der Waals surface area contributed by atoms with Crippen molar-refractivity contribution in [3.8, 4) is 0 Å². The minimum absolute atomic E-state index is 0. The van der Waals surface area contributed by atoms with Crippen LogP contribution < -0.4 is 10.6 Å². The molecule has 5 nitrogen and oxygen atoms in total. The molecule has 1 heterocycles. The molecule has 28 heavy (non-hydrogen) atoms. The van der Waals surface area contributed by atoms with E-state index in [1.165, 1.54) is 17.5 Å². The zero-order chi connectivity index (χ0) is 19.5. The third-order valence-electron chi connectivity index (χ3n) is 4.98. The Morgan fingerprint density at radius 1 is 1.21 bits per heavy atom. The van der Waals surface area contributed by atoms with Crippen molar-refractivity contribution in [1.82, 2.24) is 10.6 Å². The molecule has 1 aliphatic rings. The maximum Gasteiger partial charge on any atom is 0.191 e. The maximum atomic E-state index is 6.11. The number of halogens is 1. The lowest BCUT2D eigenvalue weighted by Crippen LogP contribution is -2.43. The summed E-state index contributed by atoms with van der Waals surface area (Å²) in [6.45, 7) is 10.5. The smallest absolute Gasteiger partial charge is 0.191 e. The van der Waals surface area contributed by atoms with Crippen LogP contribution in [0.1, 0.15) is 50.3 Å². The van der Waals surface area contributed by atoms with Crippen molar-refractivity contribution in [2.75, 3.05) is 40.0 Å². The lowest BCUT2D eigenvalue weighted by molar-refractivity contribution is -0.0265. The van der Waals surface area contributed by atoms with Gasteiger partial charge in [0.25, 0.3) is 0 Å². The van der Waals surface area contributed by atoms with E-state index in [4.69, 9.17) is 9.47 Å². The second-order valence-electron chi connectivity index (χ2n) is 7.78. The summed E-state index contributed by atoms with van der Waals surface area (Å²) in [4.78, 5) is 4.33. The SMILES string of the molecule is CN=C(NCCOCCC(C)C)NCC1CCCOC1c1ccc(C)cc1.I. The van der Waals surface area contributed by atoms with Gasteiger partial charge < -0.3 is 20.1 Å². The number of ether oxygens (including phenoxy) is 2. The van der Waals surface area contributed by atoms with Crippen LogP contribution in [0.15, 0.2) is 29.3 Å². The van der Waals surface area contributed by atoms with Gasteiger partial charge in [-0.1, -0.05) is 43.7 Å². The second kappa shape index (κ2) is 14.2.